The third-order valence-corrected chi connectivity index (χ3v) is 4.05. The van der Waals surface area contributed by atoms with Gasteiger partial charge in [-0.2, -0.15) is 8.78 Å². The number of ether oxygens (including phenoxy) is 1. The van der Waals surface area contributed by atoms with Crippen molar-refractivity contribution < 1.29 is 22.7 Å². The van der Waals surface area contributed by atoms with Crippen molar-refractivity contribution >= 4 is 17.7 Å². The summed E-state index contributed by atoms with van der Waals surface area (Å²) >= 11 is 1.24. The maximum atomic E-state index is 12.0. The quantitative estimate of drug-likeness (QED) is 0.735. The van der Waals surface area contributed by atoms with E-state index in [1.807, 2.05) is 13.8 Å². The zero-order valence-electron chi connectivity index (χ0n) is 13.3. The minimum Gasteiger partial charge on any atom is -0.437 e. The van der Waals surface area contributed by atoms with Crippen molar-refractivity contribution in [1.82, 2.24) is 10.3 Å². The fraction of sp³-hybridized carbons (Fsp3) is 0.375. The molecular formula is C16H18F2N2O3S. The molecule has 0 saturated carbocycles. The van der Waals surface area contributed by atoms with Crippen molar-refractivity contribution in [3.63, 3.8) is 0 Å². The predicted molar refractivity (Wildman–Crippen MR) is 86.5 cm³/mol. The van der Waals surface area contributed by atoms with Gasteiger partial charge in [0.15, 0.2) is 0 Å². The van der Waals surface area contributed by atoms with E-state index in [2.05, 4.69) is 15.0 Å². The minimum atomic E-state index is -2.83. The third-order valence-electron chi connectivity index (χ3n) is 3.22. The molecule has 0 aliphatic carbocycles. The number of benzene rings is 1. The molecule has 0 bridgehead atoms. The number of nitrogens with zero attached hydrogens (tertiary/aromatic N) is 1. The number of aromatic nitrogens is 1. The Labute approximate surface area is 142 Å². The number of nitrogens with one attached hydrogen (secondary N) is 1. The maximum Gasteiger partial charge on any atom is 0.387 e. The molecule has 0 spiro atoms. The van der Waals surface area contributed by atoms with Gasteiger partial charge in [-0.15, -0.1) is 0 Å². The first-order valence-electron chi connectivity index (χ1n) is 7.31. The third kappa shape index (κ3) is 5.84. The Kier molecular flexibility index (Phi) is 6.60. The Morgan fingerprint density at radius 3 is 2.62 bits per heavy atom. The summed E-state index contributed by atoms with van der Waals surface area (Å²) in [5.74, 6) is 0.967. The molecule has 5 nitrogen and oxygen atoms in total. The number of hydrogen-bond donors (Lipinski definition) is 1. The summed E-state index contributed by atoms with van der Waals surface area (Å²) in [6.45, 7) is 1.30. The SMILES string of the molecule is Cc1nc(SCC(=O)NCCc2ccc(OC(F)F)cc2)oc1C. The van der Waals surface area contributed by atoms with Gasteiger partial charge < -0.3 is 14.5 Å². The normalized spacial score (nSPS) is 10.9. The predicted octanol–water partition coefficient (Wildman–Crippen LogP) is 3.34. The highest BCUT2D eigenvalue weighted by molar-refractivity contribution is 7.99. The van der Waals surface area contributed by atoms with Crippen molar-refractivity contribution in [1.29, 1.82) is 0 Å². The van der Waals surface area contributed by atoms with Crippen LogP contribution in [-0.2, 0) is 11.2 Å². The van der Waals surface area contributed by atoms with Gasteiger partial charge in [-0.1, -0.05) is 23.9 Å². The molecule has 0 saturated heterocycles. The van der Waals surface area contributed by atoms with Crippen LogP contribution in [0.15, 0.2) is 33.9 Å². The largest absolute Gasteiger partial charge is 0.437 e. The van der Waals surface area contributed by atoms with E-state index in [0.717, 1.165) is 17.0 Å². The van der Waals surface area contributed by atoms with Crippen LogP contribution in [0.3, 0.4) is 0 Å². The number of alkyl halides is 2. The number of oxazole rings is 1. The Bertz CT molecular complexity index is 655. The highest BCUT2D eigenvalue weighted by atomic mass is 32.2. The van der Waals surface area contributed by atoms with E-state index < -0.39 is 6.61 Å². The summed E-state index contributed by atoms with van der Waals surface area (Å²) in [5.41, 5.74) is 1.74. The summed E-state index contributed by atoms with van der Waals surface area (Å²) in [6.07, 6.45) is 0.600. The van der Waals surface area contributed by atoms with E-state index in [0.29, 0.717) is 18.2 Å². The molecule has 0 aliphatic rings. The van der Waals surface area contributed by atoms with Gasteiger partial charge in [-0.25, -0.2) is 4.98 Å². The van der Waals surface area contributed by atoms with Crippen molar-refractivity contribution in [3.8, 4) is 5.75 Å². The zero-order valence-corrected chi connectivity index (χ0v) is 14.2. The van der Waals surface area contributed by atoms with Crippen LogP contribution in [0, 0.1) is 13.8 Å². The molecule has 1 aromatic carbocycles. The number of carbonyl (C=O) groups excluding carboxylic acids is 1. The number of thioether (sulfide) groups is 1. The lowest BCUT2D eigenvalue weighted by atomic mass is 10.1. The summed E-state index contributed by atoms with van der Waals surface area (Å²) < 4.78 is 33.8. The molecule has 0 atom stereocenters. The highest BCUT2D eigenvalue weighted by Crippen LogP contribution is 2.19. The first-order chi connectivity index (χ1) is 11.4. The molecule has 1 heterocycles. The molecule has 1 amide bonds. The zero-order chi connectivity index (χ0) is 17.5. The molecule has 2 aromatic rings. The summed E-state index contributed by atoms with van der Waals surface area (Å²) in [4.78, 5) is 16.0. The molecule has 0 radical (unpaired) electrons. The summed E-state index contributed by atoms with van der Waals surface area (Å²) in [6, 6.07) is 6.34. The second-order valence-electron chi connectivity index (χ2n) is 5.03. The molecule has 8 heteroatoms. The van der Waals surface area contributed by atoms with Crippen LogP contribution in [-0.4, -0.2) is 29.8 Å². The van der Waals surface area contributed by atoms with Crippen LogP contribution in [0.4, 0.5) is 8.78 Å². The number of halogens is 2. The lowest BCUT2D eigenvalue weighted by Gasteiger charge is -2.07. The van der Waals surface area contributed by atoms with Crippen LogP contribution < -0.4 is 10.1 Å². The lowest BCUT2D eigenvalue weighted by Crippen LogP contribution is -2.27. The second-order valence-corrected chi connectivity index (χ2v) is 5.96. The number of amides is 1. The molecule has 1 aromatic heterocycles. The molecule has 130 valence electrons. The Balaban J connectivity index is 1.68. The van der Waals surface area contributed by atoms with Crippen LogP contribution in [0.5, 0.6) is 5.75 Å². The Morgan fingerprint density at radius 1 is 1.33 bits per heavy atom. The van der Waals surface area contributed by atoms with Crippen LogP contribution in [0.25, 0.3) is 0 Å². The van der Waals surface area contributed by atoms with Crippen LogP contribution >= 0.6 is 11.8 Å². The summed E-state index contributed by atoms with van der Waals surface area (Å²) in [5, 5.41) is 3.27. The molecule has 0 unspecified atom stereocenters. The van der Waals surface area contributed by atoms with Gasteiger partial charge in [0.25, 0.3) is 5.22 Å². The summed E-state index contributed by atoms with van der Waals surface area (Å²) in [7, 11) is 0. The second kappa shape index (κ2) is 8.68. The Morgan fingerprint density at radius 2 is 2.04 bits per heavy atom. The highest BCUT2D eigenvalue weighted by Gasteiger charge is 2.09. The van der Waals surface area contributed by atoms with Gasteiger partial charge in [0.05, 0.1) is 11.4 Å². The monoisotopic (exact) mass is 356 g/mol. The van der Waals surface area contributed by atoms with Gasteiger partial charge in [-0.05, 0) is 38.0 Å². The lowest BCUT2D eigenvalue weighted by molar-refractivity contribution is -0.118. The van der Waals surface area contributed by atoms with E-state index in [-0.39, 0.29) is 17.4 Å². The van der Waals surface area contributed by atoms with E-state index in [4.69, 9.17) is 4.42 Å². The van der Waals surface area contributed by atoms with Crippen LogP contribution in [0.2, 0.25) is 0 Å². The fourth-order valence-electron chi connectivity index (χ4n) is 1.87. The average molecular weight is 356 g/mol. The molecule has 1 N–H and O–H groups in total. The van der Waals surface area contributed by atoms with E-state index in [1.54, 1.807) is 12.1 Å². The van der Waals surface area contributed by atoms with Gasteiger partial charge in [0.1, 0.15) is 11.5 Å². The first-order valence-corrected chi connectivity index (χ1v) is 8.30. The molecular weight excluding hydrogens is 338 g/mol. The Hall–Kier alpha value is -2.09. The van der Waals surface area contributed by atoms with Gasteiger partial charge >= 0.3 is 6.61 Å². The van der Waals surface area contributed by atoms with Gasteiger partial charge in [0.2, 0.25) is 5.91 Å². The first kappa shape index (κ1) is 18.3. The van der Waals surface area contributed by atoms with Crippen LogP contribution in [0.1, 0.15) is 17.0 Å². The fourth-order valence-corrected chi connectivity index (χ4v) is 2.61. The maximum absolute atomic E-state index is 12.0. The minimum absolute atomic E-state index is 0.116. The number of carbonyl (C=O) groups is 1. The molecule has 24 heavy (non-hydrogen) atoms. The van der Waals surface area contributed by atoms with E-state index >= 15 is 0 Å². The van der Waals surface area contributed by atoms with E-state index in [9.17, 15) is 13.6 Å². The number of aryl methyl sites for hydroxylation is 2. The van der Waals surface area contributed by atoms with E-state index in [1.165, 1.54) is 23.9 Å². The molecule has 0 aliphatic heterocycles. The van der Waals surface area contributed by atoms with Crippen molar-refractivity contribution in [2.45, 2.75) is 32.1 Å². The number of rotatable bonds is 8. The molecule has 2 rings (SSSR count). The van der Waals surface area contributed by atoms with Crippen molar-refractivity contribution in [2.75, 3.05) is 12.3 Å². The molecule has 0 fully saturated rings. The van der Waals surface area contributed by atoms with Gasteiger partial charge in [0, 0.05) is 6.54 Å². The topological polar surface area (TPSA) is 64.4 Å². The number of hydrogen-bond acceptors (Lipinski definition) is 5. The van der Waals surface area contributed by atoms with Crippen molar-refractivity contribution in [2.24, 2.45) is 0 Å². The van der Waals surface area contributed by atoms with Crippen molar-refractivity contribution in [3.05, 3.63) is 41.3 Å². The standard InChI is InChI=1S/C16H18F2N2O3S/c1-10-11(2)22-16(20-10)24-9-14(21)19-8-7-12-3-5-13(6-4-12)23-15(17)18/h3-6,15H,7-9H2,1-2H3,(H,19,21). The average Bonchev–Trinajstić information content (AvgIpc) is 2.85. The smallest absolute Gasteiger partial charge is 0.387 e. The van der Waals surface area contributed by atoms with Gasteiger partial charge in [-0.3, -0.25) is 4.79 Å².